The lowest BCUT2D eigenvalue weighted by Gasteiger charge is -2.41. The van der Waals surface area contributed by atoms with Gasteiger partial charge in [0.2, 0.25) is 0 Å². The van der Waals surface area contributed by atoms with Gasteiger partial charge in [-0.15, -0.1) is 0 Å². The van der Waals surface area contributed by atoms with Crippen molar-refractivity contribution in [2.75, 3.05) is 0 Å². The number of halogens is 13. The average Bonchev–Trinajstić information content (AvgIpc) is 2.42. The van der Waals surface area contributed by atoms with Gasteiger partial charge in [-0.05, 0) is 27.7 Å². The predicted molar refractivity (Wildman–Crippen MR) is 71.9 cm³/mol. The van der Waals surface area contributed by atoms with Gasteiger partial charge in [0.15, 0.2) is 5.60 Å². The predicted octanol–water partition coefficient (Wildman–Crippen LogP) is 5.21. The van der Waals surface area contributed by atoms with Crippen molar-refractivity contribution in [2.45, 2.75) is 81.1 Å². The van der Waals surface area contributed by atoms with Crippen molar-refractivity contribution in [2.24, 2.45) is 0 Å². The molecule has 0 aliphatic carbocycles. The summed E-state index contributed by atoms with van der Waals surface area (Å²) in [6.45, 7) is 3.27. The van der Waals surface area contributed by atoms with Gasteiger partial charge in [0.1, 0.15) is 5.60 Å². The van der Waals surface area contributed by atoms with Crippen molar-refractivity contribution in [1.82, 2.24) is 0 Å². The maximum atomic E-state index is 13.7. The van der Waals surface area contributed by atoms with Crippen LogP contribution in [-0.2, 0) is 9.53 Å². The van der Waals surface area contributed by atoms with Crippen LogP contribution in [0.2, 0.25) is 0 Å². The SMILES string of the molecule is CC(C)(C)OC(=O)C(C)(O)CC(F)(F)C(F)(F)C(F)(F)C(F)(F)C(F)(F)C(F)(F)F. The normalized spacial score (nSPS) is 17.5. The molecule has 3 nitrogen and oxygen atoms in total. The summed E-state index contributed by atoms with van der Waals surface area (Å²) in [5.74, 6) is -40.2. The Bertz CT molecular complexity index is 644. The fraction of sp³-hybridized carbons (Fsp3) is 0.929. The number of alkyl halides is 13. The number of hydrogen-bond donors (Lipinski definition) is 1. The Labute approximate surface area is 160 Å². The minimum atomic E-state index is -8.05. The molecule has 0 saturated carbocycles. The fourth-order valence-electron chi connectivity index (χ4n) is 1.81. The van der Waals surface area contributed by atoms with Gasteiger partial charge >= 0.3 is 41.8 Å². The summed E-state index contributed by atoms with van der Waals surface area (Å²) in [5.41, 5.74) is -5.32. The minimum Gasteiger partial charge on any atom is -0.458 e. The summed E-state index contributed by atoms with van der Waals surface area (Å²) in [4.78, 5) is 11.6. The Morgan fingerprint density at radius 3 is 1.30 bits per heavy atom. The van der Waals surface area contributed by atoms with Crippen LogP contribution in [0.3, 0.4) is 0 Å². The highest BCUT2D eigenvalue weighted by Gasteiger charge is 2.90. The zero-order valence-corrected chi connectivity index (χ0v) is 15.4. The monoisotopic (exact) mass is 478 g/mol. The molecular formula is C14H15F13O3. The third-order valence-electron chi connectivity index (χ3n) is 3.40. The van der Waals surface area contributed by atoms with E-state index in [4.69, 9.17) is 0 Å². The fourth-order valence-corrected chi connectivity index (χ4v) is 1.81. The number of aliphatic hydroxyl groups is 1. The molecule has 1 atom stereocenters. The molecule has 0 aliphatic rings. The summed E-state index contributed by atoms with van der Waals surface area (Å²) in [6.07, 6.45) is -10.6. The Kier molecular flexibility index (Phi) is 6.93. The number of ether oxygens (including phenoxy) is 1. The van der Waals surface area contributed by atoms with Gasteiger partial charge in [-0.1, -0.05) is 0 Å². The Hall–Kier alpha value is -1.48. The van der Waals surface area contributed by atoms with Crippen molar-refractivity contribution >= 4 is 5.97 Å². The van der Waals surface area contributed by atoms with Crippen molar-refractivity contribution in [3.05, 3.63) is 0 Å². The molecule has 0 saturated heterocycles. The molecule has 16 heteroatoms. The molecule has 0 spiro atoms. The highest BCUT2D eigenvalue weighted by molar-refractivity contribution is 5.79. The van der Waals surface area contributed by atoms with Crippen LogP contribution in [0.5, 0.6) is 0 Å². The van der Waals surface area contributed by atoms with Gasteiger partial charge < -0.3 is 9.84 Å². The lowest BCUT2D eigenvalue weighted by atomic mass is 9.87. The number of carbonyl (C=O) groups is 1. The molecule has 180 valence electrons. The Balaban J connectivity index is 6.23. The molecule has 30 heavy (non-hydrogen) atoms. The van der Waals surface area contributed by atoms with E-state index in [0.29, 0.717) is 0 Å². The molecule has 1 unspecified atom stereocenters. The zero-order chi connectivity index (χ0) is 25.0. The number of esters is 1. The molecule has 1 N–H and O–H groups in total. The van der Waals surface area contributed by atoms with Gasteiger partial charge in [-0.3, -0.25) is 0 Å². The third kappa shape index (κ3) is 4.72. The van der Waals surface area contributed by atoms with Gasteiger partial charge in [0, 0.05) is 0 Å². The van der Waals surface area contributed by atoms with Crippen LogP contribution in [0.25, 0.3) is 0 Å². The molecule has 0 aromatic rings. The second-order valence-corrected chi connectivity index (χ2v) is 7.45. The third-order valence-corrected chi connectivity index (χ3v) is 3.40. The molecule has 0 aliphatic heterocycles. The van der Waals surface area contributed by atoms with Crippen molar-refractivity contribution in [1.29, 1.82) is 0 Å². The Morgan fingerprint density at radius 1 is 0.667 bits per heavy atom. The van der Waals surface area contributed by atoms with E-state index in [1.54, 1.807) is 0 Å². The van der Waals surface area contributed by atoms with Crippen LogP contribution in [0, 0.1) is 0 Å². The lowest BCUT2D eigenvalue weighted by Crippen LogP contribution is -2.70. The van der Waals surface area contributed by atoms with Crippen molar-refractivity contribution in [3.63, 3.8) is 0 Å². The quantitative estimate of drug-likeness (QED) is 0.404. The summed E-state index contributed by atoms with van der Waals surface area (Å²) >= 11 is 0. The lowest BCUT2D eigenvalue weighted by molar-refractivity contribution is -0.441. The van der Waals surface area contributed by atoms with Crippen molar-refractivity contribution in [3.8, 4) is 0 Å². The summed E-state index contributed by atoms with van der Waals surface area (Å²) in [5, 5.41) is 9.55. The summed E-state index contributed by atoms with van der Waals surface area (Å²) < 4.78 is 173. The molecule has 0 aromatic heterocycles. The first-order valence-electron chi connectivity index (χ1n) is 7.50. The second-order valence-electron chi connectivity index (χ2n) is 7.45. The smallest absolute Gasteiger partial charge is 0.458 e. The molecule has 0 heterocycles. The van der Waals surface area contributed by atoms with E-state index in [0.717, 1.165) is 20.8 Å². The van der Waals surface area contributed by atoms with E-state index in [9.17, 15) is 67.0 Å². The molecule has 0 aromatic carbocycles. The maximum absolute atomic E-state index is 13.7. The number of rotatable bonds is 7. The van der Waals surface area contributed by atoms with Crippen LogP contribution < -0.4 is 0 Å². The van der Waals surface area contributed by atoms with Crippen LogP contribution in [-0.4, -0.2) is 58.1 Å². The van der Waals surface area contributed by atoms with E-state index in [2.05, 4.69) is 4.74 Å². The second kappa shape index (κ2) is 7.29. The van der Waals surface area contributed by atoms with E-state index in [-0.39, 0.29) is 6.92 Å². The summed E-state index contributed by atoms with van der Waals surface area (Å²) in [6, 6.07) is 0. The summed E-state index contributed by atoms with van der Waals surface area (Å²) in [7, 11) is 0. The highest BCUT2D eigenvalue weighted by atomic mass is 19.4. The van der Waals surface area contributed by atoms with Crippen LogP contribution in [0.4, 0.5) is 57.1 Å². The van der Waals surface area contributed by atoms with Gasteiger partial charge in [-0.2, -0.15) is 57.1 Å². The Morgan fingerprint density at radius 2 is 1.00 bits per heavy atom. The average molecular weight is 478 g/mol. The first-order valence-corrected chi connectivity index (χ1v) is 7.50. The van der Waals surface area contributed by atoms with E-state index < -0.39 is 59.4 Å². The van der Waals surface area contributed by atoms with E-state index in [1.165, 1.54) is 0 Å². The van der Waals surface area contributed by atoms with Gasteiger partial charge in [0.05, 0.1) is 6.42 Å². The molecular weight excluding hydrogens is 463 g/mol. The zero-order valence-electron chi connectivity index (χ0n) is 15.4. The number of carbonyl (C=O) groups excluding carboxylic acids is 1. The largest absolute Gasteiger partial charge is 0.460 e. The number of hydrogen-bond acceptors (Lipinski definition) is 3. The standard InChI is InChI=1S/C14H15F13O3/c1-7(2,3)30-6(28)8(4,29)5-9(15,16)10(17,18)11(19,20)12(21,22)13(23,24)14(25,26)27/h29H,5H2,1-4H3. The van der Waals surface area contributed by atoms with Gasteiger partial charge in [-0.25, -0.2) is 4.79 Å². The van der Waals surface area contributed by atoms with Crippen molar-refractivity contribution < 1.29 is 71.7 Å². The molecule has 0 bridgehead atoms. The highest BCUT2D eigenvalue weighted by Crippen LogP contribution is 2.61. The van der Waals surface area contributed by atoms with Gasteiger partial charge in [0.25, 0.3) is 0 Å². The molecule has 0 rings (SSSR count). The van der Waals surface area contributed by atoms with Crippen LogP contribution in [0.15, 0.2) is 0 Å². The van der Waals surface area contributed by atoms with Crippen LogP contribution in [0.1, 0.15) is 34.1 Å². The molecule has 0 amide bonds. The van der Waals surface area contributed by atoms with Crippen LogP contribution >= 0.6 is 0 Å². The first-order chi connectivity index (χ1) is 12.6. The van der Waals surface area contributed by atoms with E-state index in [1.807, 2.05) is 0 Å². The topological polar surface area (TPSA) is 46.5 Å². The minimum absolute atomic E-state index is 0.0195. The molecule has 0 radical (unpaired) electrons. The van der Waals surface area contributed by atoms with E-state index >= 15 is 0 Å². The first kappa shape index (κ1) is 28.5. The maximum Gasteiger partial charge on any atom is 0.460 e. The molecule has 0 fully saturated rings.